The molecular formula is C20H25N5O3. The van der Waals surface area contributed by atoms with E-state index < -0.39 is 0 Å². The number of rotatable bonds is 6. The molecule has 0 atom stereocenters. The van der Waals surface area contributed by atoms with Crippen LogP contribution < -0.4 is 20.9 Å². The molecule has 1 aromatic carbocycles. The van der Waals surface area contributed by atoms with Crippen LogP contribution in [0.25, 0.3) is 11.2 Å². The van der Waals surface area contributed by atoms with Gasteiger partial charge in [0.05, 0.1) is 6.61 Å². The Labute approximate surface area is 162 Å². The van der Waals surface area contributed by atoms with Gasteiger partial charge in [-0.25, -0.2) is 4.79 Å². The van der Waals surface area contributed by atoms with Crippen molar-refractivity contribution in [3.63, 3.8) is 0 Å². The van der Waals surface area contributed by atoms with Crippen LogP contribution in [0.3, 0.4) is 0 Å². The Bertz CT molecular complexity index is 1120. The Hall–Kier alpha value is -3.03. The Balaban J connectivity index is 1.82. The van der Waals surface area contributed by atoms with Crippen LogP contribution in [0, 0.1) is 0 Å². The second kappa shape index (κ2) is 7.18. The van der Waals surface area contributed by atoms with Crippen LogP contribution in [-0.4, -0.2) is 31.8 Å². The smallest absolute Gasteiger partial charge is 0.332 e. The molecule has 0 unspecified atom stereocenters. The first-order valence-corrected chi connectivity index (χ1v) is 9.77. The summed E-state index contributed by atoms with van der Waals surface area (Å²) in [5.74, 6) is 1.51. The van der Waals surface area contributed by atoms with Crippen molar-refractivity contribution in [2.45, 2.75) is 39.8 Å². The zero-order valence-electron chi connectivity index (χ0n) is 16.5. The maximum atomic E-state index is 13.0. The molecule has 8 heteroatoms. The van der Waals surface area contributed by atoms with E-state index >= 15 is 0 Å². The largest absolute Gasteiger partial charge is 0.494 e. The summed E-state index contributed by atoms with van der Waals surface area (Å²) in [4.78, 5) is 32.4. The van der Waals surface area contributed by atoms with E-state index in [0.29, 0.717) is 36.8 Å². The van der Waals surface area contributed by atoms with Gasteiger partial charge in [-0.15, -0.1) is 0 Å². The number of fused-ring (bicyclic) bond motifs is 3. The van der Waals surface area contributed by atoms with Crippen LogP contribution in [0.15, 0.2) is 33.9 Å². The number of imidazole rings is 1. The molecule has 148 valence electrons. The van der Waals surface area contributed by atoms with E-state index in [0.717, 1.165) is 30.8 Å². The Morgan fingerprint density at radius 2 is 1.86 bits per heavy atom. The van der Waals surface area contributed by atoms with Gasteiger partial charge in [0.2, 0.25) is 5.95 Å². The van der Waals surface area contributed by atoms with Gasteiger partial charge in [-0.1, -0.05) is 13.3 Å². The summed E-state index contributed by atoms with van der Waals surface area (Å²) in [5.41, 5.74) is 1.36. The number of hydrogen-bond donors (Lipinski definition) is 0. The SMILES string of the molecule is CCCCn1c(=O)c2c(nc3n2CCN3c2ccc(OCC)cc2)n(C)c1=O. The fraction of sp³-hybridized carbons (Fsp3) is 0.450. The standard InChI is InChI=1S/C20H25N5O3/c1-4-6-11-25-18(26)16-17(22(3)20(25)27)21-19-23(12-13-24(16)19)14-7-9-15(10-8-14)28-5-2/h7-10H,4-6,11-13H2,1-3H3. The number of hydrogen-bond acceptors (Lipinski definition) is 5. The monoisotopic (exact) mass is 383 g/mol. The van der Waals surface area contributed by atoms with E-state index in [1.54, 1.807) is 7.05 Å². The quantitative estimate of drug-likeness (QED) is 0.653. The van der Waals surface area contributed by atoms with Gasteiger partial charge in [-0.2, -0.15) is 4.98 Å². The van der Waals surface area contributed by atoms with Gasteiger partial charge in [0, 0.05) is 32.4 Å². The minimum atomic E-state index is -0.310. The van der Waals surface area contributed by atoms with E-state index in [1.807, 2.05) is 42.7 Å². The number of anilines is 2. The highest BCUT2D eigenvalue weighted by Crippen LogP contribution is 2.32. The molecule has 0 fully saturated rings. The van der Waals surface area contributed by atoms with Crippen LogP contribution in [0.4, 0.5) is 11.6 Å². The molecule has 0 bridgehead atoms. The van der Waals surface area contributed by atoms with Gasteiger partial charge in [0.1, 0.15) is 5.75 Å². The lowest BCUT2D eigenvalue weighted by Crippen LogP contribution is -2.39. The lowest BCUT2D eigenvalue weighted by Gasteiger charge is -2.16. The molecule has 3 aromatic rings. The number of ether oxygens (including phenoxy) is 1. The Morgan fingerprint density at radius 3 is 2.54 bits per heavy atom. The highest BCUT2D eigenvalue weighted by molar-refractivity contribution is 5.77. The molecule has 0 spiro atoms. The zero-order chi connectivity index (χ0) is 19.8. The third kappa shape index (κ3) is 2.80. The van der Waals surface area contributed by atoms with E-state index in [9.17, 15) is 9.59 Å². The lowest BCUT2D eigenvalue weighted by atomic mass is 10.3. The first-order chi connectivity index (χ1) is 13.6. The predicted molar refractivity (Wildman–Crippen MR) is 109 cm³/mol. The average molecular weight is 383 g/mol. The van der Waals surface area contributed by atoms with E-state index in [1.165, 1.54) is 9.13 Å². The molecule has 1 aliphatic heterocycles. The molecule has 0 N–H and O–H groups in total. The summed E-state index contributed by atoms with van der Waals surface area (Å²) >= 11 is 0. The molecule has 4 rings (SSSR count). The summed E-state index contributed by atoms with van der Waals surface area (Å²) in [5, 5.41) is 0. The Morgan fingerprint density at radius 1 is 1.11 bits per heavy atom. The first-order valence-electron chi connectivity index (χ1n) is 9.77. The fourth-order valence-electron chi connectivity index (χ4n) is 3.72. The number of aryl methyl sites for hydroxylation is 1. The van der Waals surface area contributed by atoms with Crippen molar-refractivity contribution in [1.29, 1.82) is 0 Å². The van der Waals surface area contributed by atoms with Crippen LogP contribution in [0.5, 0.6) is 5.75 Å². The van der Waals surface area contributed by atoms with Gasteiger partial charge in [-0.3, -0.25) is 13.9 Å². The highest BCUT2D eigenvalue weighted by atomic mass is 16.5. The van der Waals surface area contributed by atoms with Crippen molar-refractivity contribution in [1.82, 2.24) is 18.7 Å². The van der Waals surface area contributed by atoms with E-state index in [-0.39, 0.29) is 11.2 Å². The average Bonchev–Trinajstić information content (AvgIpc) is 3.27. The number of nitrogens with zero attached hydrogens (tertiary/aromatic N) is 5. The molecule has 0 saturated heterocycles. The van der Waals surface area contributed by atoms with Crippen molar-refractivity contribution in [3.05, 3.63) is 45.1 Å². The van der Waals surface area contributed by atoms with Crippen LogP contribution >= 0.6 is 0 Å². The van der Waals surface area contributed by atoms with Gasteiger partial charge >= 0.3 is 5.69 Å². The van der Waals surface area contributed by atoms with Crippen molar-refractivity contribution < 1.29 is 4.74 Å². The second-order valence-corrected chi connectivity index (χ2v) is 6.97. The summed E-state index contributed by atoms with van der Waals surface area (Å²) in [7, 11) is 1.68. The number of benzene rings is 1. The van der Waals surface area contributed by atoms with E-state index in [2.05, 4.69) is 9.88 Å². The minimum absolute atomic E-state index is 0.251. The molecule has 0 amide bonds. The summed E-state index contributed by atoms with van der Waals surface area (Å²) in [6.07, 6.45) is 1.71. The highest BCUT2D eigenvalue weighted by Gasteiger charge is 2.28. The zero-order valence-corrected chi connectivity index (χ0v) is 16.5. The van der Waals surface area contributed by atoms with Crippen LogP contribution in [-0.2, 0) is 20.1 Å². The third-order valence-corrected chi connectivity index (χ3v) is 5.20. The molecule has 2 aromatic heterocycles. The van der Waals surface area contributed by atoms with E-state index in [4.69, 9.17) is 4.74 Å². The molecule has 0 aliphatic carbocycles. The van der Waals surface area contributed by atoms with Crippen molar-refractivity contribution >= 4 is 22.8 Å². The molecule has 8 nitrogen and oxygen atoms in total. The first kappa shape index (κ1) is 18.3. The summed E-state index contributed by atoms with van der Waals surface area (Å²) in [6.45, 7) is 6.43. The number of unbranched alkanes of at least 4 members (excludes halogenated alkanes) is 1. The molecule has 3 heterocycles. The minimum Gasteiger partial charge on any atom is -0.494 e. The van der Waals surface area contributed by atoms with Gasteiger partial charge in [-0.05, 0) is 37.6 Å². The van der Waals surface area contributed by atoms with Crippen LogP contribution in [0.1, 0.15) is 26.7 Å². The summed E-state index contributed by atoms with van der Waals surface area (Å²) in [6, 6.07) is 7.83. The normalized spacial score (nSPS) is 13.3. The molecule has 0 radical (unpaired) electrons. The maximum Gasteiger partial charge on any atom is 0.332 e. The second-order valence-electron chi connectivity index (χ2n) is 6.97. The third-order valence-electron chi connectivity index (χ3n) is 5.20. The maximum absolute atomic E-state index is 13.0. The topological polar surface area (TPSA) is 74.3 Å². The predicted octanol–water partition coefficient (Wildman–Crippen LogP) is 2.25. The van der Waals surface area contributed by atoms with Crippen LogP contribution in [0.2, 0.25) is 0 Å². The molecule has 28 heavy (non-hydrogen) atoms. The van der Waals surface area contributed by atoms with Gasteiger partial charge in [0.15, 0.2) is 11.2 Å². The molecule has 1 aliphatic rings. The van der Waals surface area contributed by atoms with Crippen molar-refractivity contribution in [3.8, 4) is 5.75 Å². The molecular weight excluding hydrogens is 358 g/mol. The van der Waals surface area contributed by atoms with Crippen molar-refractivity contribution in [2.24, 2.45) is 7.05 Å². The Kier molecular flexibility index (Phi) is 4.70. The number of aromatic nitrogens is 4. The summed E-state index contributed by atoms with van der Waals surface area (Å²) < 4.78 is 10.2. The van der Waals surface area contributed by atoms with Gasteiger partial charge in [0.25, 0.3) is 5.56 Å². The fourth-order valence-corrected chi connectivity index (χ4v) is 3.72. The van der Waals surface area contributed by atoms with Gasteiger partial charge < -0.3 is 14.2 Å². The molecule has 0 saturated carbocycles. The van der Waals surface area contributed by atoms with Crippen molar-refractivity contribution in [2.75, 3.05) is 18.1 Å². The lowest BCUT2D eigenvalue weighted by molar-refractivity contribution is 0.340.